The molecule has 6 aromatic carbocycles. The summed E-state index contributed by atoms with van der Waals surface area (Å²) >= 11 is 1.81. The molecule has 0 unspecified atom stereocenters. The van der Waals surface area contributed by atoms with Crippen LogP contribution in [-0.4, -0.2) is 9.97 Å². The molecule has 0 N–H and O–H groups in total. The van der Waals surface area contributed by atoms with E-state index in [2.05, 4.69) is 109 Å². The van der Waals surface area contributed by atoms with Gasteiger partial charge in [0, 0.05) is 47.8 Å². The van der Waals surface area contributed by atoms with E-state index in [4.69, 9.17) is 18.8 Å². The number of fused-ring (bicyclic) bond motifs is 7. The summed E-state index contributed by atoms with van der Waals surface area (Å²) in [6, 6.07) is 50.1. The van der Waals surface area contributed by atoms with Crippen LogP contribution in [0.5, 0.6) is 0 Å². The number of thiophene rings is 1. The van der Waals surface area contributed by atoms with Gasteiger partial charge < -0.3 is 8.83 Å². The number of hydrogen-bond acceptors (Lipinski definition) is 5. The van der Waals surface area contributed by atoms with Crippen LogP contribution in [0, 0.1) is 0 Å². The van der Waals surface area contributed by atoms with Crippen LogP contribution in [0.25, 0.3) is 98.3 Å². The summed E-state index contributed by atoms with van der Waals surface area (Å²) in [4.78, 5) is 10.0. The Kier molecular flexibility index (Phi) is 5.71. The van der Waals surface area contributed by atoms with Crippen LogP contribution >= 0.6 is 11.3 Å². The van der Waals surface area contributed by atoms with Gasteiger partial charge in [-0.1, -0.05) is 97.1 Å². The minimum atomic E-state index is 0.600. The predicted molar refractivity (Wildman–Crippen MR) is 194 cm³/mol. The second kappa shape index (κ2) is 10.2. The molecule has 0 fully saturated rings. The van der Waals surface area contributed by atoms with Crippen LogP contribution in [0.15, 0.2) is 154 Å². The maximum absolute atomic E-state index is 7.11. The van der Waals surface area contributed by atoms with E-state index >= 15 is 0 Å². The first-order valence-electron chi connectivity index (χ1n) is 15.6. The average Bonchev–Trinajstić information content (AvgIpc) is 3.86. The van der Waals surface area contributed by atoms with Crippen molar-refractivity contribution in [2.75, 3.05) is 0 Å². The molecule has 0 bridgehead atoms. The van der Waals surface area contributed by atoms with Crippen molar-refractivity contribution >= 4 is 64.5 Å². The second-order valence-electron chi connectivity index (χ2n) is 11.7. The lowest BCUT2D eigenvalue weighted by Crippen LogP contribution is -1.90. The third kappa shape index (κ3) is 4.07. The Bertz CT molecular complexity index is 2760. The molecule has 220 valence electrons. The molecule has 5 heteroatoms. The van der Waals surface area contributed by atoms with E-state index in [0.29, 0.717) is 5.89 Å². The number of furan rings is 1. The van der Waals surface area contributed by atoms with Crippen LogP contribution in [0.1, 0.15) is 0 Å². The number of rotatable bonds is 4. The van der Waals surface area contributed by atoms with Crippen LogP contribution in [0.3, 0.4) is 0 Å². The number of para-hydroxylation sites is 3. The molecule has 4 aromatic heterocycles. The molecule has 0 spiro atoms. The van der Waals surface area contributed by atoms with Crippen LogP contribution in [0.2, 0.25) is 0 Å². The van der Waals surface area contributed by atoms with Crippen molar-refractivity contribution in [1.82, 2.24) is 9.97 Å². The minimum Gasteiger partial charge on any atom is -0.455 e. The Hall–Kier alpha value is -6.04. The maximum atomic E-state index is 7.11. The van der Waals surface area contributed by atoms with Gasteiger partial charge in [0.1, 0.15) is 16.9 Å². The Morgan fingerprint density at radius 1 is 0.489 bits per heavy atom. The molecule has 4 heterocycles. The molecule has 0 aliphatic rings. The first-order valence-corrected chi connectivity index (χ1v) is 16.4. The molecule has 0 saturated heterocycles. The molecular formula is C42H24N2O2S. The molecule has 10 aromatic rings. The molecule has 0 amide bonds. The molecule has 0 aliphatic heterocycles. The van der Waals surface area contributed by atoms with E-state index in [9.17, 15) is 0 Å². The van der Waals surface area contributed by atoms with E-state index < -0.39 is 0 Å². The van der Waals surface area contributed by atoms with Gasteiger partial charge >= 0.3 is 0 Å². The van der Waals surface area contributed by atoms with Crippen molar-refractivity contribution < 1.29 is 8.83 Å². The van der Waals surface area contributed by atoms with Crippen LogP contribution in [0.4, 0.5) is 0 Å². The fourth-order valence-corrected chi connectivity index (χ4v) is 7.97. The molecule has 10 rings (SSSR count). The van der Waals surface area contributed by atoms with Gasteiger partial charge in [-0.25, -0.2) is 9.97 Å². The van der Waals surface area contributed by atoms with E-state index in [1.165, 1.54) is 20.2 Å². The number of hydrogen-bond donors (Lipinski definition) is 0. The summed E-state index contributed by atoms with van der Waals surface area (Å²) in [5.41, 5.74) is 9.33. The molecule has 4 nitrogen and oxygen atoms in total. The SMILES string of the molecule is c1ccc(-c2nc3ccccc3c3oc(-c4cccc5c4sc4ccccc45)c(-c4ccc(-c5nc6ccccc6o5)cc4)c23)cc1. The fraction of sp³-hybridized carbons (Fsp3) is 0. The Morgan fingerprint density at radius 3 is 2.04 bits per heavy atom. The normalized spacial score (nSPS) is 11.8. The zero-order valence-electron chi connectivity index (χ0n) is 25.0. The standard InChI is InChI=1S/C42H24N2O2S/c1-2-11-26(12-3-1)38-37-36(25-21-23-27(24-22-25)42-44-33-18-7-8-19-34(33)45-42)40(46-39(37)30-14-4-6-17-32(30)43-38)31-16-10-15-29-28-13-5-9-20-35(28)47-41(29)31/h1-24H. The number of benzene rings is 6. The molecule has 0 saturated carbocycles. The predicted octanol–water partition coefficient (Wildman–Crippen LogP) is 12.2. The van der Waals surface area contributed by atoms with E-state index in [1.54, 1.807) is 11.3 Å². The molecule has 47 heavy (non-hydrogen) atoms. The highest BCUT2D eigenvalue weighted by Crippen LogP contribution is 2.49. The minimum absolute atomic E-state index is 0.600. The van der Waals surface area contributed by atoms with Crippen molar-refractivity contribution in [2.24, 2.45) is 0 Å². The smallest absolute Gasteiger partial charge is 0.227 e. The van der Waals surface area contributed by atoms with E-state index in [0.717, 1.165) is 72.2 Å². The first kappa shape index (κ1) is 26.2. The monoisotopic (exact) mass is 620 g/mol. The summed E-state index contributed by atoms with van der Waals surface area (Å²) in [5.74, 6) is 1.44. The van der Waals surface area contributed by atoms with Gasteiger partial charge in [0.25, 0.3) is 0 Å². The lowest BCUT2D eigenvalue weighted by molar-refractivity contribution is 0.620. The zero-order chi connectivity index (χ0) is 30.9. The second-order valence-corrected chi connectivity index (χ2v) is 12.8. The van der Waals surface area contributed by atoms with Gasteiger partial charge in [-0.05, 0) is 54.1 Å². The Morgan fingerprint density at radius 2 is 1.19 bits per heavy atom. The first-order chi connectivity index (χ1) is 23.3. The number of oxazole rings is 1. The molecular weight excluding hydrogens is 597 g/mol. The highest BCUT2D eigenvalue weighted by molar-refractivity contribution is 7.26. The quantitative estimate of drug-likeness (QED) is 0.196. The van der Waals surface area contributed by atoms with Gasteiger partial charge in [-0.3, -0.25) is 0 Å². The third-order valence-corrected chi connectivity index (χ3v) is 10.2. The zero-order valence-corrected chi connectivity index (χ0v) is 25.8. The number of nitrogens with zero attached hydrogens (tertiary/aromatic N) is 2. The van der Waals surface area contributed by atoms with Crippen molar-refractivity contribution in [2.45, 2.75) is 0 Å². The summed E-state index contributed by atoms with van der Waals surface area (Å²) in [6.07, 6.45) is 0. The van der Waals surface area contributed by atoms with Crippen molar-refractivity contribution in [3.05, 3.63) is 146 Å². The maximum Gasteiger partial charge on any atom is 0.227 e. The summed E-state index contributed by atoms with van der Waals surface area (Å²) in [5, 5.41) is 4.47. The molecule has 0 aliphatic carbocycles. The van der Waals surface area contributed by atoms with Gasteiger partial charge in [-0.2, -0.15) is 0 Å². The Labute approximate surface area is 273 Å². The lowest BCUT2D eigenvalue weighted by Gasteiger charge is -2.09. The fourth-order valence-electron chi connectivity index (χ4n) is 6.76. The molecule has 0 radical (unpaired) electrons. The lowest BCUT2D eigenvalue weighted by atomic mass is 9.94. The number of pyridine rings is 1. The summed E-state index contributed by atoms with van der Waals surface area (Å²) in [7, 11) is 0. The summed E-state index contributed by atoms with van der Waals surface area (Å²) in [6.45, 7) is 0. The third-order valence-electron chi connectivity index (χ3n) is 8.94. The van der Waals surface area contributed by atoms with Gasteiger partial charge in [0.05, 0.1) is 16.6 Å². The van der Waals surface area contributed by atoms with Crippen LogP contribution in [-0.2, 0) is 0 Å². The van der Waals surface area contributed by atoms with Crippen LogP contribution < -0.4 is 0 Å². The highest BCUT2D eigenvalue weighted by Gasteiger charge is 2.26. The largest absolute Gasteiger partial charge is 0.455 e. The molecule has 0 atom stereocenters. The van der Waals surface area contributed by atoms with E-state index in [1.807, 2.05) is 36.4 Å². The van der Waals surface area contributed by atoms with Gasteiger partial charge in [0.15, 0.2) is 5.58 Å². The van der Waals surface area contributed by atoms with Crippen molar-refractivity contribution in [1.29, 1.82) is 0 Å². The highest BCUT2D eigenvalue weighted by atomic mass is 32.1. The number of aromatic nitrogens is 2. The van der Waals surface area contributed by atoms with E-state index in [-0.39, 0.29) is 0 Å². The summed E-state index contributed by atoms with van der Waals surface area (Å²) < 4.78 is 15.7. The van der Waals surface area contributed by atoms with Gasteiger partial charge in [0.2, 0.25) is 5.89 Å². The Balaban J connectivity index is 1.29. The van der Waals surface area contributed by atoms with Crippen molar-refractivity contribution in [3.63, 3.8) is 0 Å². The topological polar surface area (TPSA) is 52.1 Å². The average molecular weight is 621 g/mol. The van der Waals surface area contributed by atoms with Gasteiger partial charge in [-0.15, -0.1) is 11.3 Å². The van der Waals surface area contributed by atoms with Crippen molar-refractivity contribution in [3.8, 4) is 45.2 Å².